The van der Waals surface area contributed by atoms with Gasteiger partial charge < -0.3 is 5.73 Å². The van der Waals surface area contributed by atoms with Crippen LogP contribution in [0.1, 0.15) is 12.5 Å². The molecule has 0 atom stereocenters. The highest BCUT2D eigenvalue weighted by atomic mass is 35.5. The van der Waals surface area contributed by atoms with Gasteiger partial charge in [0.2, 0.25) is 0 Å². The van der Waals surface area contributed by atoms with Crippen LogP contribution in [0.2, 0.25) is 5.15 Å². The maximum Gasteiger partial charge on any atom is 0.154 e. The number of aryl methyl sites for hydroxylation is 1. The molecule has 5 heteroatoms. The Balaban J connectivity index is 2.11. The van der Waals surface area contributed by atoms with Gasteiger partial charge in [0.05, 0.1) is 11.9 Å². The van der Waals surface area contributed by atoms with E-state index < -0.39 is 0 Å². The molecule has 2 aromatic heterocycles. The number of rotatable bonds is 2. The highest BCUT2D eigenvalue weighted by Crippen LogP contribution is 2.24. The van der Waals surface area contributed by atoms with Crippen molar-refractivity contribution >= 4 is 22.9 Å². The SMILES string of the molecule is CCc1ccc(-c2cn3nc(Cl)ccc3n2)cc1N. The molecule has 19 heavy (non-hydrogen) atoms. The standard InChI is InChI=1S/C14H13ClN4/c1-2-9-3-4-10(7-11(9)16)12-8-19-14(17-12)6-5-13(15)18-19/h3-8H,2,16H2,1H3. The van der Waals surface area contributed by atoms with E-state index in [0.717, 1.165) is 34.6 Å². The lowest BCUT2D eigenvalue weighted by atomic mass is 10.1. The second kappa shape index (κ2) is 4.55. The molecule has 0 fully saturated rings. The van der Waals surface area contributed by atoms with Gasteiger partial charge in [0.15, 0.2) is 5.65 Å². The van der Waals surface area contributed by atoms with Crippen LogP contribution < -0.4 is 5.73 Å². The molecular weight excluding hydrogens is 260 g/mol. The summed E-state index contributed by atoms with van der Waals surface area (Å²) in [6.45, 7) is 2.09. The molecule has 0 spiro atoms. The van der Waals surface area contributed by atoms with Crippen molar-refractivity contribution in [3.63, 3.8) is 0 Å². The van der Waals surface area contributed by atoms with Crippen molar-refractivity contribution in [1.29, 1.82) is 0 Å². The maximum atomic E-state index is 6.02. The summed E-state index contributed by atoms with van der Waals surface area (Å²) in [4.78, 5) is 4.51. The van der Waals surface area contributed by atoms with E-state index in [2.05, 4.69) is 17.0 Å². The zero-order valence-electron chi connectivity index (χ0n) is 10.5. The Morgan fingerprint density at radius 2 is 2.11 bits per heavy atom. The highest BCUT2D eigenvalue weighted by molar-refractivity contribution is 6.29. The molecule has 0 bridgehead atoms. The molecule has 2 heterocycles. The van der Waals surface area contributed by atoms with Crippen LogP contribution in [-0.4, -0.2) is 14.6 Å². The lowest BCUT2D eigenvalue weighted by molar-refractivity contribution is 0.937. The quantitative estimate of drug-likeness (QED) is 0.729. The average molecular weight is 273 g/mol. The van der Waals surface area contributed by atoms with Gasteiger partial charge in [0, 0.05) is 11.3 Å². The summed E-state index contributed by atoms with van der Waals surface area (Å²) in [6, 6.07) is 9.57. The Kier molecular flexibility index (Phi) is 2.87. The third-order valence-electron chi connectivity index (χ3n) is 3.11. The fourth-order valence-electron chi connectivity index (χ4n) is 2.07. The summed E-state index contributed by atoms with van der Waals surface area (Å²) < 4.78 is 1.67. The first-order valence-corrected chi connectivity index (χ1v) is 6.46. The van der Waals surface area contributed by atoms with E-state index in [1.165, 1.54) is 0 Å². The maximum absolute atomic E-state index is 6.02. The lowest BCUT2D eigenvalue weighted by Gasteiger charge is -2.04. The van der Waals surface area contributed by atoms with Crippen molar-refractivity contribution in [3.05, 3.63) is 47.2 Å². The molecule has 0 amide bonds. The van der Waals surface area contributed by atoms with E-state index in [1.54, 1.807) is 10.6 Å². The van der Waals surface area contributed by atoms with Crippen LogP contribution in [0.4, 0.5) is 5.69 Å². The van der Waals surface area contributed by atoms with E-state index in [1.807, 2.05) is 30.5 Å². The van der Waals surface area contributed by atoms with E-state index in [0.29, 0.717) is 5.15 Å². The Morgan fingerprint density at radius 3 is 2.84 bits per heavy atom. The fraction of sp³-hybridized carbons (Fsp3) is 0.143. The number of nitrogens with two attached hydrogens (primary N) is 1. The van der Waals surface area contributed by atoms with Gasteiger partial charge in [-0.25, -0.2) is 9.50 Å². The average Bonchev–Trinajstić information content (AvgIpc) is 2.81. The first-order valence-electron chi connectivity index (χ1n) is 6.08. The van der Waals surface area contributed by atoms with Gasteiger partial charge in [-0.2, -0.15) is 5.10 Å². The van der Waals surface area contributed by atoms with E-state index in [-0.39, 0.29) is 0 Å². The molecule has 3 rings (SSSR count). The fourth-order valence-corrected chi connectivity index (χ4v) is 2.22. The Bertz CT molecular complexity index is 748. The van der Waals surface area contributed by atoms with Gasteiger partial charge in [-0.3, -0.25) is 0 Å². The van der Waals surface area contributed by atoms with Crippen molar-refractivity contribution in [1.82, 2.24) is 14.6 Å². The van der Waals surface area contributed by atoms with Gasteiger partial charge in [0.1, 0.15) is 5.15 Å². The minimum Gasteiger partial charge on any atom is -0.398 e. The number of nitrogens with zero attached hydrogens (tertiary/aromatic N) is 3. The minimum atomic E-state index is 0.442. The normalized spacial score (nSPS) is 11.1. The van der Waals surface area contributed by atoms with E-state index in [9.17, 15) is 0 Å². The van der Waals surface area contributed by atoms with Gasteiger partial charge in [-0.05, 0) is 30.2 Å². The molecular formula is C14H13ClN4. The van der Waals surface area contributed by atoms with E-state index >= 15 is 0 Å². The predicted octanol–water partition coefficient (Wildman–Crippen LogP) is 3.19. The molecule has 2 N–H and O–H groups in total. The highest BCUT2D eigenvalue weighted by Gasteiger charge is 2.07. The second-order valence-electron chi connectivity index (χ2n) is 4.35. The van der Waals surface area contributed by atoms with Crippen molar-refractivity contribution < 1.29 is 0 Å². The number of fused-ring (bicyclic) bond motifs is 1. The van der Waals surface area contributed by atoms with Crippen LogP contribution in [0.5, 0.6) is 0 Å². The van der Waals surface area contributed by atoms with Crippen LogP contribution >= 0.6 is 11.6 Å². The van der Waals surface area contributed by atoms with Crippen molar-refractivity contribution in [2.45, 2.75) is 13.3 Å². The number of nitrogen functional groups attached to an aromatic ring is 1. The van der Waals surface area contributed by atoms with Gasteiger partial charge in [0.25, 0.3) is 0 Å². The molecule has 0 saturated heterocycles. The lowest BCUT2D eigenvalue weighted by Crippen LogP contribution is -1.93. The number of benzene rings is 1. The Labute approximate surface area is 115 Å². The molecule has 0 radical (unpaired) electrons. The van der Waals surface area contributed by atoms with Gasteiger partial charge in [-0.15, -0.1) is 0 Å². The smallest absolute Gasteiger partial charge is 0.154 e. The first-order chi connectivity index (χ1) is 9.17. The Morgan fingerprint density at radius 1 is 1.26 bits per heavy atom. The van der Waals surface area contributed by atoms with Crippen LogP contribution in [0.3, 0.4) is 0 Å². The summed E-state index contributed by atoms with van der Waals surface area (Å²) in [6.07, 6.45) is 2.77. The summed E-state index contributed by atoms with van der Waals surface area (Å²) in [5.41, 5.74) is 10.5. The molecule has 4 nitrogen and oxygen atoms in total. The monoisotopic (exact) mass is 272 g/mol. The van der Waals surface area contributed by atoms with Crippen molar-refractivity contribution in [2.75, 3.05) is 5.73 Å². The zero-order chi connectivity index (χ0) is 13.4. The molecule has 1 aromatic carbocycles. The van der Waals surface area contributed by atoms with Crippen LogP contribution in [-0.2, 0) is 6.42 Å². The largest absolute Gasteiger partial charge is 0.398 e. The van der Waals surface area contributed by atoms with Gasteiger partial charge in [-0.1, -0.05) is 30.7 Å². The zero-order valence-corrected chi connectivity index (χ0v) is 11.2. The number of hydrogen-bond donors (Lipinski definition) is 1. The van der Waals surface area contributed by atoms with E-state index in [4.69, 9.17) is 17.3 Å². The molecule has 3 aromatic rings. The van der Waals surface area contributed by atoms with Crippen molar-refractivity contribution in [2.24, 2.45) is 0 Å². The first kappa shape index (κ1) is 12.0. The molecule has 96 valence electrons. The minimum absolute atomic E-state index is 0.442. The molecule has 0 saturated carbocycles. The number of aromatic nitrogens is 3. The molecule has 0 aliphatic rings. The number of halogens is 1. The summed E-state index contributed by atoms with van der Waals surface area (Å²) >= 11 is 5.86. The number of hydrogen-bond acceptors (Lipinski definition) is 3. The predicted molar refractivity (Wildman–Crippen MR) is 77.2 cm³/mol. The third-order valence-corrected chi connectivity index (χ3v) is 3.31. The van der Waals surface area contributed by atoms with Crippen LogP contribution in [0, 0.1) is 0 Å². The summed E-state index contributed by atoms with van der Waals surface area (Å²) in [7, 11) is 0. The molecule has 0 aliphatic carbocycles. The van der Waals surface area contributed by atoms with Crippen molar-refractivity contribution in [3.8, 4) is 11.3 Å². The number of anilines is 1. The second-order valence-corrected chi connectivity index (χ2v) is 4.74. The third kappa shape index (κ3) is 2.15. The summed E-state index contributed by atoms with van der Waals surface area (Å²) in [5.74, 6) is 0. The van der Waals surface area contributed by atoms with Crippen LogP contribution in [0.25, 0.3) is 16.9 Å². The molecule has 0 aliphatic heterocycles. The van der Waals surface area contributed by atoms with Gasteiger partial charge >= 0.3 is 0 Å². The number of imidazole rings is 1. The Hall–Kier alpha value is -2.07. The topological polar surface area (TPSA) is 56.2 Å². The summed E-state index contributed by atoms with van der Waals surface area (Å²) in [5, 5.41) is 4.61. The molecule has 0 unspecified atom stereocenters. The van der Waals surface area contributed by atoms with Crippen LogP contribution in [0.15, 0.2) is 36.5 Å².